The number of aliphatic hydroxyl groups excluding tert-OH is 1. The van der Waals surface area contributed by atoms with Crippen LogP contribution in [0.25, 0.3) is 10.4 Å². The average Bonchev–Trinajstić information content (AvgIpc) is 1.99. The molecule has 0 aromatic heterocycles. The zero-order chi connectivity index (χ0) is 8.27. The van der Waals surface area contributed by atoms with Gasteiger partial charge in [0.25, 0.3) is 0 Å². The highest BCUT2D eigenvalue weighted by Crippen LogP contribution is 2.26. The first-order chi connectivity index (χ1) is 5.25. The van der Waals surface area contributed by atoms with Gasteiger partial charge in [0.05, 0.1) is 12.1 Å². The molecular formula is C7H13N3O. The second kappa shape index (κ2) is 3.60. The molecule has 3 atom stereocenters. The number of hydrogen-bond acceptors (Lipinski definition) is 2. The molecule has 0 aliphatic heterocycles. The Labute approximate surface area is 65.9 Å². The molecule has 4 heteroatoms. The number of rotatable bonds is 1. The van der Waals surface area contributed by atoms with E-state index in [0.29, 0.717) is 0 Å². The van der Waals surface area contributed by atoms with Crippen LogP contribution in [0.4, 0.5) is 0 Å². The average molecular weight is 155 g/mol. The molecule has 0 heterocycles. The van der Waals surface area contributed by atoms with Crippen LogP contribution >= 0.6 is 0 Å². The van der Waals surface area contributed by atoms with E-state index in [1.165, 1.54) is 0 Å². The second-order valence-corrected chi connectivity index (χ2v) is 3.17. The van der Waals surface area contributed by atoms with Crippen molar-refractivity contribution in [3.05, 3.63) is 10.4 Å². The lowest BCUT2D eigenvalue weighted by Crippen LogP contribution is -2.34. The highest BCUT2D eigenvalue weighted by Gasteiger charge is 2.27. The molecule has 0 spiro atoms. The molecule has 1 aliphatic rings. The van der Waals surface area contributed by atoms with Gasteiger partial charge in [-0.1, -0.05) is 18.5 Å². The summed E-state index contributed by atoms with van der Waals surface area (Å²) < 4.78 is 0. The van der Waals surface area contributed by atoms with Crippen molar-refractivity contribution in [1.29, 1.82) is 0 Å². The van der Waals surface area contributed by atoms with Crippen LogP contribution in [0.5, 0.6) is 0 Å². The van der Waals surface area contributed by atoms with Gasteiger partial charge >= 0.3 is 0 Å². The van der Waals surface area contributed by atoms with Crippen molar-refractivity contribution in [2.75, 3.05) is 0 Å². The molecule has 62 valence electrons. The number of aliphatic hydroxyl groups is 1. The van der Waals surface area contributed by atoms with Crippen molar-refractivity contribution in [2.24, 2.45) is 11.0 Å². The predicted octanol–water partition coefficient (Wildman–Crippen LogP) is 1.85. The maximum absolute atomic E-state index is 9.50. The molecular weight excluding hydrogens is 142 g/mol. The van der Waals surface area contributed by atoms with Crippen molar-refractivity contribution in [2.45, 2.75) is 38.3 Å². The Balaban J connectivity index is 2.57. The fourth-order valence-electron chi connectivity index (χ4n) is 1.56. The van der Waals surface area contributed by atoms with E-state index in [1.807, 2.05) is 6.92 Å². The molecule has 0 aromatic carbocycles. The van der Waals surface area contributed by atoms with Gasteiger partial charge in [-0.25, -0.2) is 0 Å². The topological polar surface area (TPSA) is 69.0 Å². The molecule has 0 amide bonds. The number of azide groups is 1. The Morgan fingerprint density at radius 1 is 1.55 bits per heavy atom. The lowest BCUT2D eigenvalue weighted by molar-refractivity contribution is 0.0603. The molecule has 0 saturated heterocycles. The Kier molecular flexibility index (Phi) is 2.74. The lowest BCUT2D eigenvalue weighted by Gasteiger charge is -2.29. The molecule has 4 nitrogen and oxygen atoms in total. The molecule has 1 saturated carbocycles. The highest BCUT2D eigenvalue weighted by molar-refractivity contribution is 4.84. The Hall–Kier alpha value is -0.730. The number of hydrogen-bond donors (Lipinski definition) is 1. The van der Waals surface area contributed by atoms with Gasteiger partial charge in [0.1, 0.15) is 0 Å². The van der Waals surface area contributed by atoms with E-state index in [-0.39, 0.29) is 12.0 Å². The normalized spacial score (nSPS) is 37.8. The Morgan fingerprint density at radius 3 is 2.91 bits per heavy atom. The first kappa shape index (κ1) is 8.37. The van der Waals surface area contributed by atoms with Gasteiger partial charge in [-0.3, -0.25) is 0 Å². The standard InChI is InChI=1S/C7H13N3O/c1-5-3-2-4-6(7(5)11)9-10-8/h5-7,11H,2-4H2,1H3. The minimum Gasteiger partial charge on any atom is -0.392 e. The molecule has 0 bridgehead atoms. The maximum Gasteiger partial charge on any atom is 0.0650 e. The van der Waals surface area contributed by atoms with Crippen molar-refractivity contribution in [3.63, 3.8) is 0 Å². The molecule has 0 radical (unpaired) electrons. The van der Waals surface area contributed by atoms with Gasteiger partial charge in [0.15, 0.2) is 0 Å². The smallest absolute Gasteiger partial charge is 0.0650 e. The fourth-order valence-corrected chi connectivity index (χ4v) is 1.56. The maximum atomic E-state index is 9.50. The second-order valence-electron chi connectivity index (χ2n) is 3.17. The van der Waals surface area contributed by atoms with Gasteiger partial charge in [-0.05, 0) is 24.3 Å². The third-order valence-electron chi connectivity index (χ3n) is 2.34. The summed E-state index contributed by atoms with van der Waals surface area (Å²) in [5, 5.41) is 13.0. The summed E-state index contributed by atoms with van der Waals surface area (Å²) in [4.78, 5) is 2.71. The third kappa shape index (κ3) is 1.85. The van der Waals surface area contributed by atoms with E-state index in [2.05, 4.69) is 10.0 Å². The lowest BCUT2D eigenvalue weighted by atomic mass is 9.85. The monoisotopic (exact) mass is 155 g/mol. The van der Waals surface area contributed by atoms with Crippen molar-refractivity contribution < 1.29 is 5.11 Å². The van der Waals surface area contributed by atoms with Crippen LogP contribution in [0.15, 0.2) is 5.11 Å². The van der Waals surface area contributed by atoms with Crippen LogP contribution in [0, 0.1) is 5.92 Å². The van der Waals surface area contributed by atoms with Gasteiger partial charge < -0.3 is 5.11 Å². The van der Waals surface area contributed by atoms with Gasteiger partial charge in [-0.2, -0.15) is 0 Å². The van der Waals surface area contributed by atoms with E-state index in [4.69, 9.17) is 5.53 Å². The van der Waals surface area contributed by atoms with E-state index in [1.54, 1.807) is 0 Å². The van der Waals surface area contributed by atoms with Gasteiger partial charge in [-0.15, -0.1) is 0 Å². The molecule has 0 aromatic rings. The Morgan fingerprint density at radius 2 is 2.27 bits per heavy atom. The third-order valence-corrected chi connectivity index (χ3v) is 2.34. The van der Waals surface area contributed by atoms with E-state index >= 15 is 0 Å². The molecule has 1 aliphatic carbocycles. The summed E-state index contributed by atoms with van der Waals surface area (Å²) in [6.45, 7) is 1.99. The summed E-state index contributed by atoms with van der Waals surface area (Å²) in [7, 11) is 0. The quantitative estimate of drug-likeness (QED) is 0.350. The first-order valence-corrected chi connectivity index (χ1v) is 3.98. The number of nitrogens with zero attached hydrogens (tertiary/aromatic N) is 3. The van der Waals surface area contributed by atoms with Crippen LogP contribution in [-0.2, 0) is 0 Å². The molecule has 11 heavy (non-hydrogen) atoms. The van der Waals surface area contributed by atoms with Gasteiger partial charge in [0.2, 0.25) is 0 Å². The van der Waals surface area contributed by atoms with Crippen LogP contribution in [-0.4, -0.2) is 17.3 Å². The summed E-state index contributed by atoms with van der Waals surface area (Å²) in [5.74, 6) is 0.277. The van der Waals surface area contributed by atoms with E-state index in [0.717, 1.165) is 19.3 Å². The van der Waals surface area contributed by atoms with Gasteiger partial charge in [0, 0.05) is 4.91 Å². The fraction of sp³-hybridized carbons (Fsp3) is 1.00. The minimum atomic E-state index is -0.431. The summed E-state index contributed by atoms with van der Waals surface area (Å²) >= 11 is 0. The Bertz CT molecular complexity index is 177. The van der Waals surface area contributed by atoms with Crippen LogP contribution in [0.2, 0.25) is 0 Å². The minimum absolute atomic E-state index is 0.191. The van der Waals surface area contributed by atoms with Crippen LogP contribution in [0.3, 0.4) is 0 Å². The van der Waals surface area contributed by atoms with Crippen LogP contribution < -0.4 is 0 Å². The van der Waals surface area contributed by atoms with E-state index < -0.39 is 6.10 Å². The van der Waals surface area contributed by atoms with E-state index in [9.17, 15) is 5.11 Å². The van der Waals surface area contributed by atoms with Crippen molar-refractivity contribution in [1.82, 2.24) is 0 Å². The summed E-state index contributed by atoms with van der Waals surface area (Å²) in [5.41, 5.74) is 8.17. The molecule has 1 fully saturated rings. The molecule has 1 N–H and O–H groups in total. The first-order valence-electron chi connectivity index (χ1n) is 3.98. The zero-order valence-electron chi connectivity index (χ0n) is 6.64. The summed E-state index contributed by atoms with van der Waals surface area (Å²) in [6, 6.07) is -0.191. The largest absolute Gasteiger partial charge is 0.392 e. The van der Waals surface area contributed by atoms with Crippen molar-refractivity contribution in [3.8, 4) is 0 Å². The zero-order valence-corrected chi connectivity index (χ0v) is 6.64. The highest BCUT2D eigenvalue weighted by atomic mass is 16.3. The summed E-state index contributed by atoms with van der Waals surface area (Å²) in [6.07, 6.45) is 2.50. The van der Waals surface area contributed by atoms with Crippen molar-refractivity contribution >= 4 is 0 Å². The predicted molar refractivity (Wildman–Crippen MR) is 42.0 cm³/mol. The molecule has 1 rings (SSSR count). The molecule has 3 unspecified atom stereocenters. The van der Waals surface area contributed by atoms with Crippen LogP contribution in [0.1, 0.15) is 26.2 Å². The SMILES string of the molecule is CC1CCCC(N=[N+]=[N-])C1O.